The van der Waals surface area contributed by atoms with E-state index < -0.39 is 5.97 Å². The molecule has 1 aromatic carbocycles. The molecule has 0 N–H and O–H groups in total. The predicted octanol–water partition coefficient (Wildman–Crippen LogP) is 1.83. The van der Waals surface area contributed by atoms with Crippen molar-refractivity contribution in [1.82, 2.24) is 4.98 Å². The van der Waals surface area contributed by atoms with Crippen LogP contribution < -0.4 is 0 Å². The van der Waals surface area contributed by atoms with E-state index in [-0.39, 0.29) is 0 Å². The summed E-state index contributed by atoms with van der Waals surface area (Å²) in [6, 6.07) is 6.60. The van der Waals surface area contributed by atoms with Crippen molar-refractivity contribution in [2.24, 2.45) is 0 Å². The van der Waals surface area contributed by atoms with Crippen molar-refractivity contribution in [3.8, 4) is 0 Å². The van der Waals surface area contributed by atoms with Crippen LogP contribution in [0.25, 0.3) is 10.9 Å². The van der Waals surface area contributed by atoms with Crippen LogP contribution in [0.3, 0.4) is 0 Å². The number of hydrogen-bond acceptors (Lipinski definition) is 4. The van der Waals surface area contributed by atoms with Crippen molar-refractivity contribution in [3.63, 3.8) is 0 Å². The minimum Gasteiger partial charge on any atom is -0.465 e. The molecule has 0 radical (unpaired) electrons. The van der Waals surface area contributed by atoms with Crippen LogP contribution in [0.5, 0.6) is 0 Å². The lowest BCUT2D eigenvalue weighted by atomic mass is 10.0. The quantitative estimate of drug-likeness (QED) is 0.566. The van der Waals surface area contributed by atoms with E-state index >= 15 is 0 Å². The topological polar surface area (TPSA) is 56.3 Å². The Morgan fingerprint density at radius 2 is 2.19 bits per heavy atom. The molecule has 4 heteroatoms. The van der Waals surface area contributed by atoms with Gasteiger partial charge in [-0.1, -0.05) is 12.1 Å². The molecule has 0 unspecified atom stereocenters. The number of carbonyl (C=O) groups excluding carboxylic acids is 2. The molecule has 0 aliphatic carbocycles. The van der Waals surface area contributed by atoms with E-state index in [9.17, 15) is 9.59 Å². The molecule has 0 atom stereocenters. The Hall–Kier alpha value is -2.23. The number of esters is 1. The molecule has 0 fully saturated rings. The minimum atomic E-state index is -0.457. The summed E-state index contributed by atoms with van der Waals surface area (Å²) in [5, 5.41) is 0.653. The lowest BCUT2D eigenvalue weighted by Gasteiger charge is -2.05. The maximum absolute atomic E-state index is 11.5. The molecule has 1 aromatic heterocycles. The van der Waals surface area contributed by atoms with Crippen LogP contribution in [-0.2, 0) is 4.74 Å². The first kappa shape index (κ1) is 10.3. The van der Waals surface area contributed by atoms with Crippen molar-refractivity contribution in [3.05, 3.63) is 41.6 Å². The Balaban J connectivity index is 2.79. The number of pyridine rings is 1. The van der Waals surface area contributed by atoms with Gasteiger partial charge in [0, 0.05) is 17.1 Å². The van der Waals surface area contributed by atoms with Crippen molar-refractivity contribution >= 4 is 23.2 Å². The summed E-state index contributed by atoms with van der Waals surface area (Å²) in [5.41, 5.74) is 1.36. The molecule has 0 aliphatic heterocycles. The van der Waals surface area contributed by atoms with Gasteiger partial charge in [0.15, 0.2) is 6.29 Å². The first-order valence-corrected chi connectivity index (χ1v) is 4.69. The molecule has 0 saturated carbocycles. The highest BCUT2D eigenvalue weighted by Crippen LogP contribution is 2.20. The van der Waals surface area contributed by atoms with E-state index in [0.717, 1.165) is 6.29 Å². The summed E-state index contributed by atoms with van der Waals surface area (Å²) in [6.45, 7) is 0. The molecule has 0 spiro atoms. The summed E-state index contributed by atoms with van der Waals surface area (Å²) in [4.78, 5) is 26.4. The largest absolute Gasteiger partial charge is 0.465 e. The smallest absolute Gasteiger partial charge is 0.340 e. The van der Waals surface area contributed by atoms with Crippen LogP contribution in [0, 0.1) is 0 Å². The average Bonchev–Trinajstić information content (AvgIpc) is 2.36. The van der Waals surface area contributed by atoms with Crippen LogP contribution in [0.2, 0.25) is 0 Å². The van der Waals surface area contributed by atoms with E-state index in [2.05, 4.69) is 9.72 Å². The lowest BCUT2D eigenvalue weighted by Crippen LogP contribution is -2.03. The highest BCUT2D eigenvalue weighted by atomic mass is 16.5. The molecule has 4 nitrogen and oxygen atoms in total. The van der Waals surface area contributed by atoms with Gasteiger partial charge < -0.3 is 4.74 Å². The van der Waals surface area contributed by atoms with Gasteiger partial charge >= 0.3 is 5.97 Å². The highest BCUT2D eigenvalue weighted by molar-refractivity contribution is 6.07. The summed E-state index contributed by atoms with van der Waals surface area (Å²) < 4.78 is 4.65. The van der Waals surface area contributed by atoms with Gasteiger partial charge in [0.05, 0.1) is 18.2 Å². The standard InChI is InChI=1S/C12H9NO3/c1-16-12(15)10-5-4-8(7-14)9-3-2-6-13-11(9)10/h2-7H,1H3. The van der Waals surface area contributed by atoms with Gasteiger partial charge in [0.25, 0.3) is 0 Å². The number of aromatic nitrogens is 1. The second-order valence-corrected chi connectivity index (χ2v) is 3.21. The molecule has 16 heavy (non-hydrogen) atoms. The van der Waals surface area contributed by atoms with E-state index in [1.54, 1.807) is 30.5 Å². The van der Waals surface area contributed by atoms with Crippen molar-refractivity contribution in [1.29, 1.82) is 0 Å². The maximum atomic E-state index is 11.5. The third kappa shape index (κ3) is 1.54. The van der Waals surface area contributed by atoms with Crippen molar-refractivity contribution in [2.45, 2.75) is 0 Å². The predicted molar refractivity (Wildman–Crippen MR) is 58.5 cm³/mol. The number of ether oxygens (including phenoxy) is 1. The Morgan fingerprint density at radius 3 is 2.88 bits per heavy atom. The summed E-state index contributed by atoms with van der Waals surface area (Å²) in [6.07, 6.45) is 2.31. The Labute approximate surface area is 91.9 Å². The highest BCUT2D eigenvalue weighted by Gasteiger charge is 2.12. The zero-order valence-corrected chi connectivity index (χ0v) is 8.64. The molecular weight excluding hydrogens is 206 g/mol. The molecule has 80 valence electrons. The number of aldehydes is 1. The van der Waals surface area contributed by atoms with Gasteiger partial charge in [-0.15, -0.1) is 0 Å². The summed E-state index contributed by atoms with van der Waals surface area (Å²) >= 11 is 0. The molecule has 2 rings (SSSR count). The normalized spacial score (nSPS) is 10.1. The fourth-order valence-electron chi connectivity index (χ4n) is 1.57. The second-order valence-electron chi connectivity index (χ2n) is 3.21. The van der Waals surface area contributed by atoms with Crippen LogP contribution in [0.15, 0.2) is 30.5 Å². The molecule has 2 aromatic rings. The number of hydrogen-bond donors (Lipinski definition) is 0. The lowest BCUT2D eigenvalue weighted by molar-refractivity contribution is 0.0602. The number of carbonyl (C=O) groups is 2. The molecule has 1 heterocycles. The molecule has 0 aliphatic rings. The molecule has 0 amide bonds. The number of nitrogens with zero attached hydrogens (tertiary/aromatic N) is 1. The van der Waals surface area contributed by atoms with Crippen LogP contribution in [0.4, 0.5) is 0 Å². The van der Waals surface area contributed by atoms with E-state index in [1.807, 2.05) is 0 Å². The number of rotatable bonds is 2. The maximum Gasteiger partial charge on any atom is 0.340 e. The second kappa shape index (κ2) is 4.10. The molecule has 0 saturated heterocycles. The SMILES string of the molecule is COC(=O)c1ccc(C=O)c2cccnc12. The monoisotopic (exact) mass is 215 g/mol. The van der Waals surface area contributed by atoms with Crippen LogP contribution >= 0.6 is 0 Å². The molecular formula is C12H9NO3. The van der Waals surface area contributed by atoms with E-state index in [0.29, 0.717) is 22.0 Å². The Morgan fingerprint density at radius 1 is 1.38 bits per heavy atom. The third-order valence-corrected chi connectivity index (χ3v) is 2.34. The van der Waals surface area contributed by atoms with Gasteiger partial charge in [0.1, 0.15) is 0 Å². The van der Waals surface area contributed by atoms with Gasteiger partial charge in [0.2, 0.25) is 0 Å². The van der Waals surface area contributed by atoms with Gasteiger partial charge in [-0.05, 0) is 12.1 Å². The molecule has 0 bridgehead atoms. The van der Waals surface area contributed by atoms with Gasteiger partial charge in [-0.2, -0.15) is 0 Å². The summed E-state index contributed by atoms with van der Waals surface area (Å²) in [5.74, 6) is -0.457. The number of methoxy groups -OCH3 is 1. The van der Waals surface area contributed by atoms with E-state index in [1.165, 1.54) is 7.11 Å². The number of benzene rings is 1. The Kier molecular flexibility index (Phi) is 2.64. The van der Waals surface area contributed by atoms with Gasteiger partial charge in [-0.3, -0.25) is 9.78 Å². The van der Waals surface area contributed by atoms with Crippen LogP contribution in [-0.4, -0.2) is 24.3 Å². The Bertz CT molecular complexity index is 563. The number of fused-ring (bicyclic) bond motifs is 1. The van der Waals surface area contributed by atoms with Gasteiger partial charge in [-0.25, -0.2) is 4.79 Å². The zero-order chi connectivity index (χ0) is 11.5. The summed E-state index contributed by atoms with van der Waals surface area (Å²) in [7, 11) is 1.31. The first-order valence-electron chi connectivity index (χ1n) is 4.69. The van der Waals surface area contributed by atoms with Crippen molar-refractivity contribution < 1.29 is 14.3 Å². The third-order valence-electron chi connectivity index (χ3n) is 2.34. The van der Waals surface area contributed by atoms with E-state index in [4.69, 9.17) is 0 Å². The average molecular weight is 215 g/mol. The zero-order valence-electron chi connectivity index (χ0n) is 8.64. The van der Waals surface area contributed by atoms with Crippen molar-refractivity contribution in [2.75, 3.05) is 7.11 Å². The van der Waals surface area contributed by atoms with Crippen LogP contribution in [0.1, 0.15) is 20.7 Å². The minimum absolute atomic E-state index is 0.365. The fraction of sp³-hybridized carbons (Fsp3) is 0.0833. The fourth-order valence-corrected chi connectivity index (χ4v) is 1.57. The first-order chi connectivity index (χ1) is 7.77.